The van der Waals surface area contributed by atoms with E-state index in [1.165, 1.54) is 12.0 Å². The summed E-state index contributed by atoms with van der Waals surface area (Å²) in [6, 6.07) is 8.62. The standard InChI is InChI=1S/C14H23NO/c1-11(2)8-9-15-12(3)13-6-5-7-14(10-13)16-4/h5-7,10-12,15H,8-9H2,1-4H3. The summed E-state index contributed by atoms with van der Waals surface area (Å²) in [6.07, 6.45) is 1.22. The van der Waals surface area contributed by atoms with E-state index in [9.17, 15) is 0 Å². The Balaban J connectivity index is 2.48. The lowest BCUT2D eigenvalue weighted by Gasteiger charge is -2.15. The summed E-state index contributed by atoms with van der Waals surface area (Å²) < 4.78 is 5.22. The normalized spacial score (nSPS) is 12.8. The van der Waals surface area contributed by atoms with Gasteiger partial charge >= 0.3 is 0 Å². The molecule has 2 heteroatoms. The highest BCUT2D eigenvalue weighted by molar-refractivity contribution is 5.30. The van der Waals surface area contributed by atoms with Gasteiger partial charge in [0.2, 0.25) is 0 Å². The molecule has 2 nitrogen and oxygen atoms in total. The maximum Gasteiger partial charge on any atom is 0.119 e. The summed E-state index contributed by atoms with van der Waals surface area (Å²) in [7, 11) is 1.70. The molecule has 0 aliphatic carbocycles. The van der Waals surface area contributed by atoms with E-state index in [1.54, 1.807) is 7.11 Å². The molecule has 90 valence electrons. The molecule has 1 rings (SSSR count). The summed E-state index contributed by atoms with van der Waals surface area (Å²) in [6.45, 7) is 7.75. The summed E-state index contributed by atoms with van der Waals surface area (Å²) in [5.41, 5.74) is 1.28. The van der Waals surface area contributed by atoms with E-state index in [4.69, 9.17) is 4.74 Å². The topological polar surface area (TPSA) is 21.3 Å². The zero-order valence-electron chi connectivity index (χ0n) is 10.8. The van der Waals surface area contributed by atoms with Crippen LogP contribution in [-0.2, 0) is 0 Å². The Kier molecular flexibility index (Phi) is 5.33. The highest BCUT2D eigenvalue weighted by Crippen LogP contribution is 2.18. The van der Waals surface area contributed by atoms with Gasteiger partial charge in [-0.25, -0.2) is 0 Å². The van der Waals surface area contributed by atoms with Crippen LogP contribution in [0.2, 0.25) is 0 Å². The highest BCUT2D eigenvalue weighted by Gasteiger charge is 2.05. The molecular weight excluding hydrogens is 198 g/mol. The molecule has 16 heavy (non-hydrogen) atoms. The maximum absolute atomic E-state index is 5.22. The highest BCUT2D eigenvalue weighted by atomic mass is 16.5. The van der Waals surface area contributed by atoms with E-state index in [-0.39, 0.29) is 0 Å². The van der Waals surface area contributed by atoms with E-state index >= 15 is 0 Å². The minimum Gasteiger partial charge on any atom is -0.497 e. The van der Waals surface area contributed by atoms with Crippen LogP contribution >= 0.6 is 0 Å². The first-order valence-electron chi connectivity index (χ1n) is 6.00. The molecule has 0 aliphatic heterocycles. The van der Waals surface area contributed by atoms with Gasteiger partial charge in [0, 0.05) is 6.04 Å². The molecule has 0 radical (unpaired) electrons. The van der Waals surface area contributed by atoms with Crippen LogP contribution in [0.25, 0.3) is 0 Å². The van der Waals surface area contributed by atoms with Crippen LogP contribution in [0.15, 0.2) is 24.3 Å². The van der Waals surface area contributed by atoms with Gasteiger partial charge in [-0.3, -0.25) is 0 Å². The lowest BCUT2D eigenvalue weighted by atomic mass is 10.1. The molecule has 1 aromatic carbocycles. The number of methoxy groups -OCH3 is 1. The van der Waals surface area contributed by atoms with Crippen LogP contribution in [0.3, 0.4) is 0 Å². The Morgan fingerprint density at radius 1 is 1.25 bits per heavy atom. The lowest BCUT2D eigenvalue weighted by molar-refractivity contribution is 0.413. The minimum absolute atomic E-state index is 0.383. The molecule has 1 atom stereocenters. The van der Waals surface area contributed by atoms with Crippen molar-refractivity contribution in [2.45, 2.75) is 33.2 Å². The number of ether oxygens (including phenoxy) is 1. The molecule has 0 amide bonds. The largest absolute Gasteiger partial charge is 0.497 e. The fourth-order valence-electron chi connectivity index (χ4n) is 1.62. The Labute approximate surface area is 99.0 Å². The van der Waals surface area contributed by atoms with Crippen molar-refractivity contribution in [2.75, 3.05) is 13.7 Å². The zero-order chi connectivity index (χ0) is 12.0. The van der Waals surface area contributed by atoms with E-state index < -0.39 is 0 Å². The fraction of sp³-hybridized carbons (Fsp3) is 0.571. The molecular formula is C14H23NO. The lowest BCUT2D eigenvalue weighted by Crippen LogP contribution is -2.20. The molecule has 0 heterocycles. The monoisotopic (exact) mass is 221 g/mol. The van der Waals surface area contributed by atoms with Crippen LogP contribution in [0, 0.1) is 5.92 Å². The summed E-state index contributed by atoms with van der Waals surface area (Å²) in [4.78, 5) is 0. The fourth-order valence-corrected chi connectivity index (χ4v) is 1.62. The molecule has 0 aliphatic rings. The van der Waals surface area contributed by atoms with E-state index in [2.05, 4.69) is 38.2 Å². The van der Waals surface area contributed by atoms with Crippen LogP contribution in [0.4, 0.5) is 0 Å². The SMILES string of the molecule is COc1cccc(C(C)NCCC(C)C)c1. The van der Waals surface area contributed by atoms with Crippen molar-refractivity contribution in [3.05, 3.63) is 29.8 Å². The number of nitrogens with one attached hydrogen (secondary N) is 1. The van der Waals surface area contributed by atoms with Gasteiger partial charge in [-0.1, -0.05) is 26.0 Å². The summed E-state index contributed by atoms with van der Waals surface area (Å²) in [5, 5.41) is 3.53. The van der Waals surface area contributed by atoms with Crippen LogP contribution in [0.1, 0.15) is 38.8 Å². The number of benzene rings is 1. The number of hydrogen-bond donors (Lipinski definition) is 1. The van der Waals surface area contributed by atoms with Gasteiger partial charge in [0.15, 0.2) is 0 Å². The first-order valence-corrected chi connectivity index (χ1v) is 6.00. The Morgan fingerprint density at radius 3 is 2.62 bits per heavy atom. The molecule has 0 saturated heterocycles. The molecule has 0 bridgehead atoms. The van der Waals surface area contributed by atoms with Crippen molar-refractivity contribution in [1.82, 2.24) is 5.32 Å². The third kappa shape index (κ3) is 4.23. The maximum atomic E-state index is 5.22. The third-order valence-electron chi connectivity index (χ3n) is 2.77. The predicted octanol–water partition coefficient (Wildman–Crippen LogP) is 3.39. The quantitative estimate of drug-likeness (QED) is 0.795. The molecule has 1 aromatic rings. The van der Waals surface area contributed by atoms with Gasteiger partial charge < -0.3 is 10.1 Å². The molecule has 0 saturated carbocycles. The second-order valence-corrected chi connectivity index (χ2v) is 4.63. The number of hydrogen-bond acceptors (Lipinski definition) is 2. The third-order valence-corrected chi connectivity index (χ3v) is 2.77. The molecule has 0 aromatic heterocycles. The van der Waals surface area contributed by atoms with Crippen molar-refractivity contribution >= 4 is 0 Å². The van der Waals surface area contributed by atoms with Gasteiger partial charge in [-0.15, -0.1) is 0 Å². The van der Waals surface area contributed by atoms with Gasteiger partial charge in [0.05, 0.1) is 7.11 Å². The average molecular weight is 221 g/mol. The first kappa shape index (κ1) is 13.0. The second kappa shape index (κ2) is 6.54. The zero-order valence-corrected chi connectivity index (χ0v) is 10.8. The van der Waals surface area contributed by atoms with Crippen LogP contribution in [-0.4, -0.2) is 13.7 Å². The van der Waals surface area contributed by atoms with E-state index in [1.807, 2.05) is 12.1 Å². The van der Waals surface area contributed by atoms with Gasteiger partial charge in [-0.2, -0.15) is 0 Å². The van der Waals surface area contributed by atoms with E-state index in [0.717, 1.165) is 18.2 Å². The van der Waals surface area contributed by atoms with Gasteiger partial charge in [-0.05, 0) is 43.5 Å². The molecule has 0 fully saturated rings. The number of rotatable bonds is 6. The minimum atomic E-state index is 0.383. The molecule has 1 unspecified atom stereocenters. The molecule has 0 spiro atoms. The predicted molar refractivity (Wildman–Crippen MR) is 68.9 cm³/mol. The second-order valence-electron chi connectivity index (χ2n) is 4.63. The molecule has 1 N–H and O–H groups in total. The average Bonchev–Trinajstić information content (AvgIpc) is 2.28. The van der Waals surface area contributed by atoms with Gasteiger partial charge in [0.25, 0.3) is 0 Å². The summed E-state index contributed by atoms with van der Waals surface area (Å²) >= 11 is 0. The van der Waals surface area contributed by atoms with E-state index in [0.29, 0.717) is 6.04 Å². The summed E-state index contributed by atoms with van der Waals surface area (Å²) in [5.74, 6) is 1.68. The Hall–Kier alpha value is -1.02. The Morgan fingerprint density at radius 2 is 2.00 bits per heavy atom. The van der Waals surface area contributed by atoms with Crippen molar-refractivity contribution in [2.24, 2.45) is 5.92 Å². The van der Waals surface area contributed by atoms with Crippen LogP contribution in [0.5, 0.6) is 5.75 Å². The van der Waals surface area contributed by atoms with Crippen LogP contribution < -0.4 is 10.1 Å². The van der Waals surface area contributed by atoms with Crippen molar-refractivity contribution in [1.29, 1.82) is 0 Å². The van der Waals surface area contributed by atoms with Crippen molar-refractivity contribution in [3.8, 4) is 5.75 Å². The smallest absolute Gasteiger partial charge is 0.119 e. The van der Waals surface area contributed by atoms with Crippen molar-refractivity contribution < 1.29 is 4.74 Å². The van der Waals surface area contributed by atoms with Gasteiger partial charge in [0.1, 0.15) is 5.75 Å². The van der Waals surface area contributed by atoms with Crippen molar-refractivity contribution in [3.63, 3.8) is 0 Å². The first-order chi connectivity index (χ1) is 7.63. The Bertz CT molecular complexity index is 309.